The predicted octanol–water partition coefficient (Wildman–Crippen LogP) is 1.34. The average molecular weight is 268 g/mol. The Balaban J connectivity index is 3.09. The molecule has 1 atom stereocenters. The molecule has 108 valence electrons. The number of nitrogens with zero attached hydrogens (tertiary/aromatic N) is 2. The van der Waals surface area contributed by atoms with Gasteiger partial charge in [-0.2, -0.15) is 0 Å². The lowest BCUT2D eigenvalue weighted by molar-refractivity contribution is 0.192. The molecular formula is C14H24N2O3. The zero-order valence-corrected chi connectivity index (χ0v) is 12.0. The molecule has 19 heavy (non-hydrogen) atoms. The summed E-state index contributed by atoms with van der Waals surface area (Å²) >= 11 is 0. The Morgan fingerprint density at radius 1 is 1.42 bits per heavy atom. The molecular weight excluding hydrogens is 244 g/mol. The molecule has 5 heteroatoms. The molecule has 0 aromatic carbocycles. The van der Waals surface area contributed by atoms with E-state index in [1.54, 1.807) is 0 Å². The number of pyridine rings is 1. The van der Waals surface area contributed by atoms with Crippen molar-refractivity contribution in [1.29, 1.82) is 0 Å². The molecule has 0 fully saturated rings. The molecule has 0 spiro atoms. The molecule has 1 aromatic heterocycles. The summed E-state index contributed by atoms with van der Waals surface area (Å²) in [5, 5.41) is 18.6. The van der Waals surface area contributed by atoms with Gasteiger partial charge in [0.05, 0.1) is 12.8 Å². The molecule has 1 rings (SSSR count). The fourth-order valence-electron chi connectivity index (χ4n) is 2.03. The van der Waals surface area contributed by atoms with Crippen molar-refractivity contribution in [2.75, 3.05) is 19.7 Å². The maximum Gasteiger partial charge on any atom is 0.223 e. The number of rotatable bonds is 7. The van der Waals surface area contributed by atoms with Crippen molar-refractivity contribution < 1.29 is 10.2 Å². The monoisotopic (exact) mass is 268 g/mol. The second-order valence-corrected chi connectivity index (χ2v) is 4.77. The molecule has 0 saturated heterocycles. The van der Waals surface area contributed by atoms with Crippen molar-refractivity contribution >= 4 is 0 Å². The Hall–Kier alpha value is -1.33. The van der Waals surface area contributed by atoms with E-state index in [4.69, 9.17) is 5.11 Å². The Labute approximate surface area is 114 Å². The van der Waals surface area contributed by atoms with Crippen LogP contribution in [0.1, 0.15) is 38.9 Å². The lowest BCUT2D eigenvalue weighted by Crippen LogP contribution is -2.29. The van der Waals surface area contributed by atoms with Gasteiger partial charge in [0, 0.05) is 30.9 Å². The van der Waals surface area contributed by atoms with Gasteiger partial charge < -0.3 is 14.8 Å². The van der Waals surface area contributed by atoms with Crippen molar-refractivity contribution in [3.8, 4) is 5.75 Å². The second-order valence-electron chi connectivity index (χ2n) is 4.77. The van der Waals surface area contributed by atoms with Crippen LogP contribution in [0.2, 0.25) is 0 Å². The number of likely N-dealkylation sites (N-methyl/N-ethyl adjacent to an activating group) is 1. The summed E-state index contributed by atoms with van der Waals surface area (Å²) in [5.74, 6) is -0.214. The molecule has 1 unspecified atom stereocenters. The van der Waals surface area contributed by atoms with E-state index in [0.29, 0.717) is 13.1 Å². The Morgan fingerprint density at radius 2 is 2.11 bits per heavy atom. The van der Waals surface area contributed by atoms with Gasteiger partial charge in [-0.3, -0.25) is 9.69 Å². The van der Waals surface area contributed by atoms with E-state index in [1.165, 1.54) is 12.3 Å². The van der Waals surface area contributed by atoms with E-state index in [9.17, 15) is 9.90 Å². The zero-order valence-electron chi connectivity index (χ0n) is 12.0. The highest BCUT2D eigenvalue weighted by atomic mass is 16.3. The number of aromatic hydroxyl groups is 1. The Bertz CT molecular complexity index is 456. The van der Waals surface area contributed by atoms with E-state index < -0.39 is 0 Å². The molecule has 0 aliphatic carbocycles. The van der Waals surface area contributed by atoms with Gasteiger partial charge in [-0.15, -0.1) is 0 Å². The van der Waals surface area contributed by atoms with Gasteiger partial charge in [0.15, 0.2) is 5.75 Å². The number of aliphatic hydroxyl groups excluding tert-OH is 1. The van der Waals surface area contributed by atoms with Gasteiger partial charge in [0.25, 0.3) is 0 Å². The lowest BCUT2D eigenvalue weighted by atomic mass is 10.2. The molecule has 0 aliphatic heterocycles. The quantitative estimate of drug-likeness (QED) is 0.783. The highest BCUT2D eigenvalue weighted by Gasteiger charge is 2.12. The van der Waals surface area contributed by atoms with E-state index in [1.807, 2.05) is 11.5 Å². The van der Waals surface area contributed by atoms with E-state index in [0.717, 1.165) is 18.7 Å². The third-order valence-electron chi connectivity index (χ3n) is 3.46. The third-order valence-corrected chi connectivity index (χ3v) is 3.46. The lowest BCUT2D eigenvalue weighted by Gasteiger charge is -2.24. The van der Waals surface area contributed by atoms with Crippen LogP contribution in [0.4, 0.5) is 0 Å². The summed E-state index contributed by atoms with van der Waals surface area (Å²) in [7, 11) is 0. The van der Waals surface area contributed by atoms with Crippen LogP contribution in [0.25, 0.3) is 0 Å². The smallest absolute Gasteiger partial charge is 0.223 e. The van der Waals surface area contributed by atoms with Crippen molar-refractivity contribution in [3.63, 3.8) is 0 Å². The minimum absolute atomic E-state index is 0.0967. The minimum atomic E-state index is -0.352. The molecule has 2 N–H and O–H groups in total. The SMILES string of the molecule is CCC(C)n1cc(O)c(=O)cc1CN(CC)CCO. The van der Waals surface area contributed by atoms with E-state index in [2.05, 4.69) is 18.7 Å². The number of hydrogen-bond acceptors (Lipinski definition) is 4. The van der Waals surface area contributed by atoms with Gasteiger partial charge in [-0.1, -0.05) is 13.8 Å². The summed E-state index contributed by atoms with van der Waals surface area (Å²) in [6, 6.07) is 1.70. The first kappa shape index (κ1) is 15.7. The molecule has 0 aliphatic rings. The number of hydrogen-bond donors (Lipinski definition) is 2. The first-order chi connectivity index (χ1) is 9.03. The van der Waals surface area contributed by atoms with Gasteiger partial charge in [-0.25, -0.2) is 0 Å². The van der Waals surface area contributed by atoms with Crippen molar-refractivity contribution in [2.45, 2.75) is 39.8 Å². The maximum absolute atomic E-state index is 11.6. The minimum Gasteiger partial charge on any atom is -0.503 e. The zero-order chi connectivity index (χ0) is 14.4. The fraction of sp³-hybridized carbons (Fsp3) is 0.643. The van der Waals surface area contributed by atoms with E-state index >= 15 is 0 Å². The Kier molecular flexibility index (Phi) is 6.05. The van der Waals surface area contributed by atoms with Gasteiger partial charge in [0.2, 0.25) is 5.43 Å². The highest BCUT2D eigenvalue weighted by Crippen LogP contribution is 2.17. The van der Waals surface area contributed by atoms with Gasteiger partial charge >= 0.3 is 0 Å². The van der Waals surface area contributed by atoms with Crippen LogP contribution in [-0.2, 0) is 6.54 Å². The average Bonchev–Trinajstić information content (AvgIpc) is 2.41. The van der Waals surface area contributed by atoms with Crippen LogP contribution in [0.15, 0.2) is 17.1 Å². The van der Waals surface area contributed by atoms with Crippen LogP contribution in [0, 0.1) is 0 Å². The molecule has 0 amide bonds. The molecule has 1 aromatic rings. The largest absolute Gasteiger partial charge is 0.503 e. The summed E-state index contributed by atoms with van der Waals surface area (Å²) in [5.41, 5.74) is 0.516. The fourth-order valence-corrected chi connectivity index (χ4v) is 2.03. The summed E-state index contributed by atoms with van der Waals surface area (Å²) in [6.07, 6.45) is 2.43. The summed E-state index contributed by atoms with van der Waals surface area (Å²) in [6.45, 7) is 8.20. The van der Waals surface area contributed by atoms with Gasteiger partial charge in [0.1, 0.15) is 0 Å². The highest BCUT2D eigenvalue weighted by molar-refractivity contribution is 5.21. The molecule has 1 heterocycles. The predicted molar refractivity (Wildman–Crippen MR) is 75.4 cm³/mol. The number of aliphatic hydroxyl groups is 1. The summed E-state index contributed by atoms with van der Waals surface area (Å²) in [4.78, 5) is 13.7. The van der Waals surface area contributed by atoms with Crippen molar-refractivity contribution in [3.05, 3.63) is 28.2 Å². The molecule has 0 saturated carbocycles. The van der Waals surface area contributed by atoms with Crippen LogP contribution in [0.3, 0.4) is 0 Å². The standard InChI is InChI=1S/C14H24N2O3/c1-4-11(3)16-10-14(19)13(18)8-12(16)9-15(5-2)6-7-17/h8,10-11,17,19H,4-7,9H2,1-3H3. The number of aromatic nitrogens is 1. The molecule has 0 bridgehead atoms. The van der Waals surface area contributed by atoms with Crippen molar-refractivity contribution in [1.82, 2.24) is 9.47 Å². The normalized spacial score (nSPS) is 12.9. The first-order valence-corrected chi connectivity index (χ1v) is 6.80. The molecule has 5 nitrogen and oxygen atoms in total. The van der Waals surface area contributed by atoms with Crippen LogP contribution < -0.4 is 5.43 Å². The molecule has 0 radical (unpaired) electrons. The maximum atomic E-state index is 11.6. The Morgan fingerprint density at radius 3 is 2.63 bits per heavy atom. The van der Waals surface area contributed by atoms with Crippen LogP contribution >= 0.6 is 0 Å². The van der Waals surface area contributed by atoms with Crippen molar-refractivity contribution in [2.24, 2.45) is 0 Å². The third kappa shape index (κ3) is 4.08. The van der Waals surface area contributed by atoms with E-state index in [-0.39, 0.29) is 23.8 Å². The topological polar surface area (TPSA) is 65.7 Å². The van der Waals surface area contributed by atoms with Crippen LogP contribution in [-0.4, -0.2) is 39.4 Å². The van der Waals surface area contributed by atoms with Crippen LogP contribution in [0.5, 0.6) is 5.75 Å². The first-order valence-electron chi connectivity index (χ1n) is 6.80. The summed E-state index contributed by atoms with van der Waals surface area (Å²) < 4.78 is 1.94. The van der Waals surface area contributed by atoms with Gasteiger partial charge in [-0.05, 0) is 19.9 Å². The second kappa shape index (κ2) is 7.31.